The van der Waals surface area contributed by atoms with Crippen LogP contribution in [-0.2, 0) is 20.8 Å². The molecule has 0 aromatic heterocycles. The molecule has 30 heavy (non-hydrogen) atoms. The molecule has 0 unspecified atom stereocenters. The topological polar surface area (TPSA) is 137 Å². The number of carbonyl (C=O) groups is 2. The van der Waals surface area contributed by atoms with Crippen LogP contribution < -0.4 is 11.1 Å². The third-order valence-electron chi connectivity index (χ3n) is 4.55. The zero-order chi connectivity index (χ0) is 21.5. The van der Waals surface area contributed by atoms with Crippen LogP contribution in [0.4, 0.5) is 17.1 Å². The number of nitrogen functional groups attached to an aromatic ring is 1. The van der Waals surface area contributed by atoms with E-state index >= 15 is 0 Å². The molecule has 0 radical (unpaired) electrons. The monoisotopic (exact) mass is 414 g/mol. The summed E-state index contributed by atoms with van der Waals surface area (Å²) in [5.74, 6) is -1.34. The first-order valence-electron chi connectivity index (χ1n) is 9.32. The molecule has 0 aliphatic carbocycles. The van der Waals surface area contributed by atoms with Gasteiger partial charge < -0.3 is 20.5 Å². The number of hydrogen-bond acceptors (Lipinski definition) is 8. The van der Waals surface area contributed by atoms with Crippen LogP contribution in [-0.4, -0.2) is 54.6 Å². The van der Waals surface area contributed by atoms with Gasteiger partial charge in [-0.25, -0.2) is 4.79 Å². The number of hydrogen-bond donors (Lipinski definition) is 2. The van der Waals surface area contributed by atoms with Gasteiger partial charge in [0.05, 0.1) is 29.4 Å². The molecule has 3 N–H and O–H groups in total. The fourth-order valence-corrected chi connectivity index (χ4v) is 2.97. The molecule has 0 spiro atoms. The van der Waals surface area contributed by atoms with Gasteiger partial charge in [0.1, 0.15) is 0 Å². The van der Waals surface area contributed by atoms with E-state index in [0.717, 1.165) is 50.5 Å². The van der Waals surface area contributed by atoms with Crippen molar-refractivity contribution in [2.45, 2.75) is 6.54 Å². The van der Waals surface area contributed by atoms with E-state index in [4.69, 9.17) is 15.2 Å². The quantitative estimate of drug-likeness (QED) is 0.303. The number of nitrogens with zero attached hydrogens (tertiary/aromatic N) is 2. The second-order valence-corrected chi connectivity index (χ2v) is 6.74. The Morgan fingerprint density at radius 3 is 2.50 bits per heavy atom. The number of benzene rings is 2. The van der Waals surface area contributed by atoms with Crippen molar-refractivity contribution in [1.29, 1.82) is 0 Å². The smallest absolute Gasteiger partial charge is 0.340 e. The van der Waals surface area contributed by atoms with Gasteiger partial charge in [-0.05, 0) is 23.8 Å². The van der Waals surface area contributed by atoms with Crippen molar-refractivity contribution in [2.75, 3.05) is 44.0 Å². The molecular formula is C20H22N4O6. The van der Waals surface area contributed by atoms with E-state index in [2.05, 4.69) is 10.2 Å². The summed E-state index contributed by atoms with van der Waals surface area (Å²) in [6.07, 6.45) is 0. The van der Waals surface area contributed by atoms with Gasteiger partial charge in [-0.3, -0.25) is 19.8 Å². The van der Waals surface area contributed by atoms with Gasteiger partial charge >= 0.3 is 5.97 Å². The Morgan fingerprint density at radius 2 is 1.87 bits per heavy atom. The van der Waals surface area contributed by atoms with Crippen molar-refractivity contribution in [3.63, 3.8) is 0 Å². The number of amides is 1. The van der Waals surface area contributed by atoms with Crippen molar-refractivity contribution >= 4 is 28.9 Å². The van der Waals surface area contributed by atoms with E-state index in [1.54, 1.807) is 12.1 Å². The standard InChI is InChI=1S/C20H22N4O6/c21-18-11-16(24(27)28)5-6-17(18)20(26)30-13-19(25)22-15-3-1-14(2-4-15)12-23-7-9-29-10-8-23/h1-6,11H,7-10,12-13,21H2,(H,22,25). The van der Waals surface area contributed by atoms with Gasteiger partial charge in [0.15, 0.2) is 6.61 Å². The molecule has 1 heterocycles. The molecule has 1 aliphatic rings. The molecule has 10 heteroatoms. The largest absolute Gasteiger partial charge is 0.452 e. The maximum Gasteiger partial charge on any atom is 0.340 e. The van der Waals surface area contributed by atoms with Gasteiger partial charge in [0.25, 0.3) is 11.6 Å². The minimum absolute atomic E-state index is 0.0409. The Hall–Kier alpha value is -3.50. The predicted molar refractivity (Wildman–Crippen MR) is 109 cm³/mol. The van der Waals surface area contributed by atoms with Crippen molar-refractivity contribution in [3.05, 3.63) is 63.7 Å². The Bertz CT molecular complexity index is 925. The van der Waals surface area contributed by atoms with Crippen molar-refractivity contribution in [1.82, 2.24) is 4.90 Å². The molecule has 3 rings (SSSR count). The molecule has 1 aliphatic heterocycles. The second kappa shape index (κ2) is 9.81. The molecule has 0 atom stereocenters. The molecule has 2 aromatic carbocycles. The zero-order valence-electron chi connectivity index (χ0n) is 16.2. The number of nitro benzene ring substituents is 1. The molecule has 1 fully saturated rings. The molecule has 0 saturated carbocycles. The van der Waals surface area contributed by atoms with Gasteiger partial charge in [-0.15, -0.1) is 0 Å². The van der Waals surface area contributed by atoms with E-state index in [0.29, 0.717) is 5.69 Å². The van der Waals surface area contributed by atoms with Crippen LogP contribution in [0.5, 0.6) is 0 Å². The zero-order valence-corrected chi connectivity index (χ0v) is 16.2. The predicted octanol–water partition coefficient (Wildman–Crippen LogP) is 1.80. The van der Waals surface area contributed by atoms with Crippen LogP contribution in [0.2, 0.25) is 0 Å². The lowest BCUT2D eigenvalue weighted by atomic mass is 10.1. The summed E-state index contributed by atoms with van der Waals surface area (Å²) in [5, 5.41) is 13.4. The number of esters is 1. The van der Waals surface area contributed by atoms with Gasteiger partial charge in [0, 0.05) is 37.5 Å². The number of rotatable bonds is 7. The lowest BCUT2D eigenvalue weighted by Crippen LogP contribution is -2.35. The van der Waals surface area contributed by atoms with E-state index in [1.807, 2.05) is 12.1 Å². The minimum Gasteiger partial charge on any atom is -0.452 e. The van der Waals surface area contributed by atoms with Crippen LogP contribution in [0.3, 0.4) is 0 Å². The number of ether oxygens (including phenoxy) is 2. The summed E-state index contributed by atoms with van der Waals surface area (Å²) < 4.78 is 10.3. The molecule has 1 saturated heterocycles. The molecule has 1 amide bonds. The van der Waals surface area contributed by atoms with Crippen LogP contribution in [0.1, 0.15) is 15.9 Å². The summed E-state index contributed by atoms with van der Waals surface area (Å²) in [5.41, 5.74) is 6.99. The van der Waals surface area contributed by atoms with E-state index < -0.39 is 23.4 Å². The van der Waals surface area contributed by atoms with Gasteiger partial charge in [-0.2, -0.15) is 0 Å². The van der Waals surface area contributed by atoms with Crippen LogP contribution in [0, 0.1) is 10.1 Å². The first-order valence-corrected chi connectivity index (χ1v) is 9.32. The second-order valence-electron chi connectivity index (χ2n) is 6.74. The third kappa shape index (κ3) is 5.75. The molecule has 2 aromatic rings. The Labute approximate surface area is 172 Å². The summed E-state index contributed by atoms with van der Waals surface area (Å²) in [6, 6.07) is 10.8. The SMILES string of the molecule is Nc1cc([N+](=O)[O-])ccc1C(=O)OCC(=O)Nc1ccc(CN2CCOCC2)cc1. The lowest BCUT2D eigenvalue weighted by molar-refractivity contribution is -0.384. The first-order chi connectivity index (χ1) is 14.4. The Balaban J connectivity index is 1.48. The highest BCUT2D eigenvalue weighted by atomic mass is 16.6. The average molecular weight is 414 g/mol. The van der Waals surface area contributed by atoms with Crippen LogP contribution in [0.15, 0.2) is 42.5 Å². The van der Waals surface area contributed by atoms with E-state index in [1.165, 1.54) is 6.07 Å². The first kappa shape index (κ1) is 21.2. The Morgan fingerprint density at radius 1 is 1.17 bits per heavy atom. The van der Waals surface area contributed by atoms with Crippen LogP contribution in [0.25, 0.3) is 0 Å². The maximum atomic E-state index is 12.1. The summed E-state index contributed by atoms with van der Waals surface area (Å²) >= 11 is 0. The normalized spacial score (nSPS) is 14.1. The number of anilines is 2. The summed E-state index contributed by atoms with van der Waals surface area (Å²) in [6.45, 7) is 3.56. The van der Waals surface area contributed by atoms with Crippen molar-refractivity contribution in [3.8, 4) is 0 Å². The van der Waals surface area contributed by atoms with Crippen LogP contribution >= 0.6 is 0 Å². The minimum atomic E-state index is -0.835. The fraction of sp³-hybridized carbons (Fsp3) is 0.300. The molecule has 10 nitrogen and oxygen atoms in total. The summed E-state index contributed by atoms with van der Waals surface area (Å²) in [4.78, 5) is 36.5. The molecule has 158 valence electrons. The van der Waals surface area contributed by atoms with Gasteiger partial charge in [0.2, 0.25) is 0 Å². The lowest BCUT2D eigenvalue weighted by Gasteiger charge is -2.26. The fourth-order valence-electron chi connectivity index (χ4n) is 2.97. The number of nitrogens with one attached hydrogen (secondary N) is 1. The summed E-state index contributed by atoms with van der Waals surface area (Å²) in [7, 11) is 0. The third-order valence-corrected chi connectivity index (χ3v) is 4.55. The highest BCUT2D eigenvalue weighted by Gasteiger charge is 2.17. The van der Waals surface area contributed by atoms with Gasteiger partial charge in [-0.1, -0.05) is 12.1 Å². The number of non-ortho nitro benzene ring substituents is 1. The average Bonchev–Trinajstić information content (AvgIpc) is 2.74. The Kier molecular flexibility index (Phi) is 6.94. The number of nitro groups is 1. The molecule has 0 bridgehead atoms. The van der Waals surface area contributed by atoms with Crippen molar-refractivity contribution < 1.29 is 24.0 Å². The van der Waals surface area contributed by atoms with Crippen molar-refractivity contribution in [2.24, 2.45) is 0 Å². The van der Waals surface area contributed by atoms with E-state index in [-0.39, 0.29) is 16.9 Å². The number of carbonyl (C=O) groups excluding carboxylic acids is 2. The molecular weight excluding hydrogens is 392 g/mol. The number of morpholine rings is 1. The number of nitrogens with two attached hydrogens (primary N) is 1. The van der Waals surface area contributed by atoms with E-state index in [9.17, 15) is 19.7 Å². The highest BCUT2D eigenvalue weighted by Crippen LogP contribution is 2.20. The maximum absolute atomic E-state index is 12.1. The highest BCUT2D eigenvalue weighted by molar-refractivity contribution is 5.98.